The van der Waals surface area contributed by atoms with Gasteiger partial charge in [-0.05, 0) is 55.8 Å². The molecule has 1 aliphatic rings. The zero-order valence-corrected chi connectivity index (χ0v) is 16.7. The van der Waals surface area contributed by atoms with E-state index < -0.39 is 0 Å². The van der Waals surface area contributed by atoms with Gasteiger partial charge in [-0.2, -0.15) is 0 Å². The Balaban J connectivity index is 1.60. The number of aromatic nitrogens is 1. The molecule has 1 aliphatic heterocycles. The van der Waals surface area contributed by atoms with Crippen LogP contribution in [0.25, 0.3) is 0 Å². The number of nitrogens with zero attached hydrogens (tertiary/aromatic N) is 4. The second-order valence-corrected chi connectivity index (χ2v) is 6.70. The van der Waals surface area contributed by atoms with E-state index in [0.29, 0.717) is 6.54 Å². The van der Waals surface area contributed by atoms with E-state index in [0.717, 1.165) is 62.3 Å². The molecule has 0 radical (unpaired) electrons. The number of pyridine rings is 1. The standard InChI is InChI=1S/C21H29FN6/c1-3-23-21(24-4-2)26-16-17-9-10-25-20(15-17)28-13-11-27(12-14-28)19-7-5-18(22)6-8-19/h5-10,15H,3-4,11-14,16H2,1-2H3,(H2,23,24,26). The van der Waals surface area contributed by atoms with Gasteiger partial charge in [-0.3, -0.25) is 0 Å². The fourth-order valence-corrected chi connectivity index (χ4v) is 3.26. The minimum absolute atomic E-state index is 0.197. The summed E-state index contributed by atoms with van der Waals surface area (Å²) in [5.41, 5.74) is 2.20. The van der Waals surface area contributed by atoms with Crippen LogP contribution in [0.1, 0.15) is 19.4 Å². The summed E-state index contributed by atoms with van der Waals surface area (Å²) < 4.78 is 13.1. The molecule has 6 nitrogen and oxygen atoms in total. The Morgan fingerprint density at radius 3 is 2.29 bits per heavy atom. The Bertz CT molecular complexity index is 761. The Morgan fingerprint density at radius 2 is 1.64 bits per heavy atom. The molecule has 1 saturated heterocycles. The van der Waals surface area contributed by atoms with Gasteiger partial charge in [-0.25, -0.2) is 14.4 Å². The summed E-state index contributed by atoms with van der Waals surface area (Å²) in [6.45, 7) is 9.96. The van der Waals surface area contributed by atoms with Gasteiger partial charge in [-0.15, -0.1) is 0 Å². The van der Waals surface area contributed by atoms with Crippen molar-refractivity contribution in [3.63, 3.8) is 0 Å². The van der Waals surface area contributed by atoms with Gasteiger partial charge in [-0.1, -0.05) is 0 Å². The van der Waals surface area contributed by atoms with Gasteiger partial charge in [0.1, 0.15) is 11.6 Å². The molecule has 28 heavy (non-hydrogen) atoms. The van der Waals surface area contributed by atoms with Crippen LogP contribution in [0.4, 0.5) is 15.9 Å². The second-order valence-electron chi connectivity index (χ2n) is 6.70. The fourth-order valence-electron chi connectivity index (χ4n) is 3.26. The lowest BCUT2D eigenvalue weighted by molar-refractivity contribution is 0.624. The maximum Gasteiger partial charge on any atom is 0.191 e. The Morgan fingerprint density at radius 1 is 1.00 bits per heavy atom. The zero-order valence-electron chi connectivity index (χ0n) is 16.7. The molecule has 150 valence electrons. The van der Waals surface area contributed by atoms with Crippen LogP contribution in [-0.2, 0) is 6.54 Å². The van der Waals surface area contributed by atoms with Gasteiger partial charge < -0.3 is 20.4 Å². The van der Waals surface area contributed by atoms with Crippen molar-refractivity contribution in [1.82, 2.24) is 15.6 Å². The molecule has 1 aromatic carbocycles. The van der Waals surface area contributed by atoms with Crippen LogP contribution in [0, 0.1) is 5.82 Å². The molecule has 7 heteroatoms. The smallest absolute Gasteiger partial charge is 0.191 e. The number of guanidine groups is 1. The molecule has 0 unspecified atom stereocenters. The SMILES string of the molecule is CCNC(=NCc1ccnc(N2CCN(c3ccc(F)cc3)CC2)c1)NCC. The number of hydrogen-bond donors (Lipinski definition) is 2. The van der Waals surface area contributed by atoms with Crippen molar-refractivity contribution in [3.05, 3.63) is 54.0 Å². The molecule has 2 heterocycles. The molecule has 1 aromatic heterocycles. The van der Waals surface area contributed by atoms with Crippen LogP contribution in [0.15, 0.2) is 47.6 Å². The predicted molar refractivity (Wildman–Crippen MR) is 114 cm³/mol. The first-order valence-corrected chi connectivity index (χ1v) is 9.92. The molecule has 2 aromatic rings. The third kappa shape index (κ3) is 5.34. The van der Waals surface area contributed by atoms with Crippen molar-refractivity contribution < 1.29 is 4.39 Å². The lowest BCUT2D eigenvalue weighted by Gasteiger charge is -2.36. The van der Waals surface area contributed by atoms with Crippen LogP contribution in [0.2, 0.25) is 0 Å². The number of aliphatic imine (C=N–C) groups is 1. The zero-order chi connectivity index (χ0) is 19.8. The summed E-state index contributed by atoms with van der Waals surface area (Å²) in [5, 5.41) is 6.48. The Hall–Kier alpha value is -2.83. The summed E-state index contributed by atoms with van der Waals surface area (Å²) in [7, 11) is 0. The van der Waals surface area contributed by atoms with Crippen molar-refractivity contribution in [2.75, 3.05) is 49.1 Å². The van der Waals surface area contributed by atoms with Crippen molar-refractivity contribution in [2.24, 2.45) is 4.99 Å². The highest BCUT2D eigenvalue weighted by Gasteiger charge is 2.18. The van der Waals surface area contributed by atoms with E-state index in [2.05, 4.69) is 50.3 Å². The quantitative estimate of drug-likeness (QED) is 0.592. The number of halogens is 1. The highest BCUT2D eigenvalue weighted by Crippen LogP contribution is 2.20. The van der Waals surface area contributed by atoms with E-state index in [1.54, 1.807) is 0 Å². The molecule has 3 rings (SSSR count). The predicted octanol–water partition coefficient (Wildman–Crippen LogP) is 2.62. The van der Waals surface area contributed by atoms with Gasteiger partial charge in [0.2, 0.25) is 0 Å². The summed E-state index contributed by atoms with van der Waals surface area (Å²) in [6, 6.07) is 10.8. The van der Waals surface area contributed by atoms with E-state index in [9.17, 15) is 4.39 Å². The summed E-state index contributed by atoms with van der Waals surface area (Å²) >= 11 is 0. The van der Waals surface area contributed by atoms with Crippen LogP contribution in [0.3, 0.4) is 0 Å². The number of anilines is 2. The van der Waals surface area contributed by atoms with Crippen LogP contribution in [-0.4, -0.2) is 50.2 Å². The molecule has 1 fully saturated rings. The van der Waals surface area contributed by atoms with Crippen LogP contribution in [0.5, 0.6) is 0 Å². The monoisotopic (exact) mass is 384 g/mol. The molecular formula is C21H29FN6. The van der Waals surface area contributed by atoms with Gasteiger partial charge in [0.05, 0.1) is 6.54 Å². The van der Waals surface area contributed by atoms with Crippen molar-refractivity contribution in [2.45, 2.75) is 20.4 Å². The van der Waals surface area contributed by atoms with E-state index in [1.807, 2.05) is 24.4 Å². The first kappa shape index (κ1) is 19.9. The Labute approximate surface area is 166 Å². The van der Waals surface area contributed by atoms with Gasteiger partial charge >= 0.3 is 0 Å². The highest BCUT2D eigenvalue weighted by atomic mass is 19.1. The van der Waals surface area contributed by atoms with Crippen molar-refractivity contribution in [1.29, 1.82) is 0 Å². The Kier molecular flexibility index (Phi) is 7.06. The van der Waals surface area contributed by atoms with Crippen molar-refractivity contribution >= 4 is 17.5 Å². The van der Waals surface area contributed by atoms with Crippen LogP contribution < -0.4 is 20.4 Å². The normalized spacial score (nSPS) is 14.0. The third-order valence-electron chi connectivity index (χ3n) is 4.71. The first-order chi connectivity index (χ1) is 13.7. The fraction of sp³-hybridized carbons (Fsp3) is 0.429. The molecule has 0 atom stereocenters. The number of rotatable bonds is 6. The molecular weight excluding hydrogens is 355 g/mol. The first-order valence-electron chi connectivity index (χ1n) is 9.92. The molecule has 0 aliphatic carbocycles. The second kappa shape index (κ2) is 9.92. The van der Waals surface area contributed by atoms with Gasteiger partial charge in [0.15, 0.2) is 5.96 Å². The molecule has 2 N–H and O–H groups in total. The van der Waals surface area contributed by atoms with E-state index in [1.165, 1.54) is 12.1 Å². The average Bonchev–Trinajstić information content (AvgIpc) is 2.73. The lowest BCUT2D eigenvalue weighted by atomic mass is 10.2. The minimum Gasteiger partial charge on any atom is -0.368 e. The van der Waals surface area contributed by atoms with Crippen molar-refractivity contribution in [3.8, 4) is 0 Å². The lowest BCUT2D eigenvalue weighted by Crippen LogP contribution is -2.46. The summed E-state index contributed by atoms with van der Waals surface area (Å²) in [5.74, 6) is 1.62. The molecule has 0 bridgehead atoms. The highest BCUT2D eigenvalue weighted by molar-refractivity contribution is 5.79. The third-order valence-corrected chi connectivity index (χ3v) is 4.71. The number of benzene rings is 1. The maximum absolute atomic E-state index is 13.1. The van der Waals surface area contributed by atoms with Gasteiger partial charge in [0, 0.05) is 51.2 Å². The topological polar surface area (TPSA) is 55.8 Å². The largest absolute Gasteiger partial charge is 0.368 e. The van der Waals surface area contributed by atoms with Gasteiger partial charge in [0.25, 0.3) is 0 Å². The average molecular weight is 385 g/mol. The molecule has 0 saturated carbocycles. The van der Waals surface area contributed by atoms with E-state index in [4.69, 9.17) is 0 Å². The summed E-state index contributed by atoms with van der Waals surface area (Å²) in [4.78, 5) is 13.8. The number of hydrogen-bond acceptors (Lipinski definition) is 4. The van der Waals surface area contributed by atoms with E-state index >= 15 is 0 Å². The van der Waals surface area contributed by atoms with Crippen LogP contribution >= 0.6 is 0 Å². The number of nitrogens with one attached hydrogen (secondary N) is 2. The number of piperazine rings is 1. The maximum atomic E-state index is 13.1. The molecule has 0 amide bonds. The van der Waals surface area contributed by atoms with E-state index in [-0.39, 0.29) is 5.82 Å². The molecule has 0 spiro atoms. The summed E-state index contributed by atoms with van der Waals surface area (Å²) in [6.07, 6.45) is 1.85. The minimum atomic E-state index is -0.197.